The number of piperidine rings is 1. The quantitative estimate of drug-likeness (QED) is 0.469. The average Bonchev–Trinajstić information content (AvgIpc) is 1.80. The van der Waals surface area contributed by atoms with Crippen LogP contribution in [0.5, 0.6) is 0 Å². The smallest absolute Gasteiger partial charge is 0.220 e. The van der Waals surface area contributed by atoms with Crippen molar-refractivity contribution in [3.8, 4) is 0 Å². The largest absolute Gasteiger partial charge is 0.391 e. The highest BCUT2D eigenvalue weighted by Crippen LogP contribution is 2.07. The van der Waals surface area contributed by atoms with Gasteiger partial charge in [-0.3, -0.25) is 4.79 Å². The van der Waals surface area contributed by atoms with Crippen LogP contribution in [0.25, 0.3) is 0 Å². The number of amides is 1. The molecule has 0 aromatic heterocycles. The highest BCUT2D eigenvalue weighted by Gasteiger charge is 2.22. The third-order valence-electron chi connectivity index (χ3n) is 1.63. The number of rotatable bonds is 0. The zero-order valence-electron chi connectivity index (χ0n) is 5.42. The van der Waals surface area contributed by atoms with E-state index in [-0.39, 0.29) is 18.1 Å². The van der Waals surface area contributed by atoms with Gasteiger partial charge in [-0.15, -0.1) is 0 Å². The van der Waals surface area contributed by atoms with Crippen molar-refractivity contribution in [1.29, 1.82) is 0 Å². The van der Waals surface area contributed by atoms with E-state index in [1.165, 1.54) is 0 Å². The molecule has 0 spiro atoms. The van der Waals surface area contributed by atoms with Gasteiger partial charge in [0.1, 0.15) is 0 Å². The molecule has 0 radical (unpaired) electrons. The number of hydrogen-bond acceptors (Lipinski definition) is 2. The van der Waals surface area contributed by atoms with Crippen LogP contribution in [-0.2, 0) is 4.79 Å². The second-order valence-electron chi connectivity index (χ2n) is 2.46. The first-order valence-corrected chi connectivity index (χ1v) is 3.17. The van der Waals surface area contributed by atoms with Crippen LogP contribution >= 0.6 is 0 Å². The Morgan fingerprint density at radius 2 is 2.44 bits per heavy atom. The van der Waals surface area contributed by atoms with Crippen molar-refractivity contribution in [1.82, 2.24) is 5.32 Å². The number of aliphatic hydroxyl groups excluding tert-OH is 1. The Kier molecular flexibility index (Phi) is 1.71. The molecule has 0 unspecified atom stereocenters. The van der Waals surface area contributed by atoms with E-state index < -0.39 is 0 Å². The predicted molar refractivity (Wildman–Crippen MR) is 32.8 cm³/mol. The number of nitrogens with one attached hydrogen (secondary N) is 1. The lowest BCUT2D eigenvalue weighted by atomic mass is 10.0. The number of aliphatic hydroxyl groups is 1. The average molecular weight is 129 g/mol. The minimum atomic E-state index is -0.345. The maximum atomic E-state index is 10.6. The van der Waals surface area contributed by atoms with Crippen molar-refractivity contribution in [2.45, 2.75) is 31.9 Å². The zero-order chi connectivity index (χ0) is 6.85. The zero-order valence-corrected chi connectivity index (χ0v) is 5.42. The summed E-state index contributed by atoms with van der Waals surface area (Å²) in [5, 5.41) is 11.7. The molecule has 1 aliphatic heterocycles. The molecule has 1 fully saturated rings. The van der Waals surface area contributed by atoms with Gasteiger partial charge in [0.15, 0.2) is 0 Å². The molecule has 3 nitrogen and oxygen atoms in total. The lowest BCUT2D eigenvalue weighted by Gasteiger charge is -2.24. The molecule has 52 valence electrons. The third kappa shape index (κ3) is 1.42. The lowest BCUT2D eigenvalue weighted by molar-refractivity contribution is -0.125. The Labute approximate surface area is 54.1 Å². The maximum absolute atomic E-state index is 10.6. The summed E-state index contributed by atoms with van der Waals surface area (Å²) in [5.74, 6) is 0.0489. The highest BCUT2D eigenvalue weighted by molar-refractivity contribution is 5.77. The third-order valence-corrected chi connectivity index (χ3v) is 1.63. The SMILES string of the molecule is C[C@H]1NC(=O)CC[C@H]1O. The summed E-state index contributed by atoms with van der Waals surface area (Å²) in [6.45, 7) is 1.81. The molecule has 1 heterocycles. The van der Waals surface area contributed by atoms with Crippen LogP contribution < -0.4 is 5.32 Å². The van der Waals surface area contributed by atoms with Gasteiger partial charge >= 0.3 is 0 Å². The van der Waals surface area contributed by atoms with Crippen molar-refractivity contribution in [2.24, 2.45) is 0 Å². The Morgan fingerprint density at radius 1 is 1.78 bits per heavy atom. The molecule has 2 N–H and O–H groups in total. The van der Waals surface area contributed by atoms with Gasteiger partial charge in [-0.05, 0) is 13.3 Å². The van der Waals surface area contributed by atoms with E-state index in [0.717, 1.165) is 0 Å². The van der Waals surface area contributed by atoms with Gasteiger partial charge in [-0.1, -0.05) is 0 Å². The fraction of sp³-hybridized carbons (Fsp3) is 0.833. The molecule has 0 bridgehead atoms. The van der Waals surface area contributed by atoms with Gasteiger partial charge in [-0.2, -0.15) is 0 Å². The Bertz CT molecular complexity index is 124. The van der Waals surface area contributed by atoms with Crippen LogP contribution in [0.15, 0.2) is 0 Å². The van der Waals surface area contributed by atoms with E-state index in [4.69, 9.17) is 5.11 Å². The van der Waals surface area contributed by atoms with Crippen LogP contribution in [0.1, 0.15) is 19.8 Å². The second kappa shape index (κ2) is 2.35. The number of carbonyl (C=O) groups is 1. The molecule has 0 saturated carbocycles. The first kappa shape index (κ1) is 6.55. The summed E-state index contributed by atoms with van der Waals surface area (Å²) in [7, 11) is 0. The van der Waals surface area contributed by atoms with E-state index in [1.54, 1.807) is 0 Å². The summed E-state index contributed by atoms with van der Waals surface area (Å²) in [5.41, 5.74) is 0. The molecule has 0 aromatic rings. The van der Waals surface area contributed by atoms with Crippen molar-refractivity contribution in [2.75, 3.05) is 0 Å². The fourth-order valence-electron chi connectivity index (χ4n) is 0.951. The standard InChI is InChI=1S/C6H11NO2/c1-4-5(8)2-3-6(9)7-4/h4-5,8H,2-3H2,1H3,(H,7,9)/t4-,5-/m1/s1. The monoisotopic (exact) mass is 129 g/mol. The van der Waals surface area contributed by atoms with Gasteiger partial charge in [0.25, 0.3) is 0 Å². The molecular formula is C6H11NO2. The Morgan fingerprint density at radius 3 is 2.89 bits per heavy atom. The Hall–Kier alpha value is -0.570. The molecule has 1 rings (SSSR count). The molecular weight excluding hydrogens is 118 g/mol. The molecule has 1 aliphatic rings. The normalized spacial score (nSPS) is 36.0. The summed E-state index contributed by atoms with van der Waals surface area (Å²) in [6.07, 6.45) is 0.723. The van der Waals surface area contributed by atoms with Crippen molar-refractivity contribution >= 4 is 5.91 Å². The van der Waals surface area contributed by atoms with Gasteiger partial charge in [0, 0.05) is 6.42 Å². The first-order chi connectivity index (χ1) is 4.20. The van der Waals surface area contributed by atoms with E-state index in [1.807, 2.05) is 6.92 Å². The van der Waals surface area contributed by atoms with E-state index in [9.17, 15) is 4.79 Å². The van der Waals surface area contributed by atoms with Gasteiger partial charge < -0.3 is 10.4 Å². The summed E-state index contributed by atoms with van der Waals surface area (Å²) in [6, 6.07) is -0.0637. The second-order valence-corrected chi connectivity index (χ2v) is 2.46. The van der Waals surface area contributed by atoms with Gasteiger partial charge in [0.2, 0.25) is 5.91 Å². The summed E-state index contributed by atoms with van der Waals surface area (Å²) >= 11 is 0. The lowest BCUT2D eigenvalue weighted by Crippen LogP contribution is -2.45. The summed E-state index contributed by atoms with van der Waals surface area (Å²) < 4.78 is 0. The maximum Gasteiger partial charge on any atom is 0.220 e. The van der Waals surface area contributed by atoms with Crippen LogP contribution in [0.4, 0.5) is 0 Å². The van der Waals surface area contributed by atoms with Crippen molar-refractivity contribution in [3.63, 3.8) is 0 Å². The van der Waals surface area contributed by atoms with E-state index >= 15 is 0 Å². The first-order valence-electron chi connectivity index (χ1n) is 3.17. The van der Waals surface area contributed by atoms with Crippen LogP contribution in [0, 0.1) is 0 Å². The Balaban J connectivity index is 2.44. The van der Waals surface area contributed by atoms with Gasteiger partial charge in [-0.25, -0.2) is 0 Å². The highest BCUT2D eigenvalue weighted by atomic mass is 16.3. The minimum absolute atomic E-state index is 0.0489. The molecule has 0 aliphatic carbocycles. The predicted octanol–water partition coefficient (Wildman–Crippen LogP) is -0.354. The topological polar surface area (TPSA) is 49.3 Å². The van der Waals surface area contributed by atoms with Crippen LogP contribution in [0.3, 0.4) is 0 Å². The number of hydrogen-bond donors (Lipinski definition) is 2. The molecule has 1 amide bonds. The number of carbonyl (C=O) groups excluding carboxylic acids is 1. The summed E-state index contributed by atoms with van der Waals surface area (Å²) in [4.78, 5) is 10.6. The molecule has 0 aromatic carbocycles. The van der Waals surface area contributed by atoms with E-state index in [2.05, 4.69) is 5.32 Å². The molecule has 2 atom stereocenters. The van der Waals surface area contributed by atoms with Crippen molar-refractivity contribution in [3.05, 3.63) is 0 Å². The van der Waals surface area contributed by atoms with E-state index in [0.29, 0.717) is 12.8 Å². The van der Waals surface area contributed by atoms with Crippen LogP contribution in [0.2, 0.25) is 0 Å². The van der Waals surface area contributed by atoms with Crippen molar-refractivity contribution < 1.29 is 9.90 Å². The minimum Gasteiger partial charge on any atom is -0.391 e. The fourth-order valence-corrected chi connectivity index (χ4v) is 0.951. The van der Waals surface area contributed by atoms with Gasteiger partial charge in [0.05, 0.1) is 12.1 Å². The molecule has 9 heavy (non-hydrogen) atoms. The molecule has 3 heteroatoms. The van der Waals surface area contributed by atoms with Crippen LogP contribution in [-0.4, -0.2) is 23.2 Å². The molecule has 1 saturated heterocycles.